The largest absolute Gasteiger partial charge is 0.459 e. The molecule has 1 atom stereocenters. The van der Waals surface area contributed by atoms with Gasteiger partial charge in [0.25, 0.3) is 11.8 Å². The first-order valence-corrected chi connectivity index (χ1v) is 28.6. The summed E-state index contributed by atoms with van der Waals surface area (Å²) in [6.07, 6.45) is 0. The summed E-state index contributed by atoms with van der Waals surface area (Å²) >= 11 is 14.1. The number of thiazole rings is 2. The number of fused-ring (bicyclic) bond motifs is 6. The summed E-state index contributed by atoms with van der Waals surface area (Å²) in [7, 11) is 0. The molecule has 7 aromatic rings. The van der Waals surface area contributed by atoms with Gasteiger partial charge in [-0.1, -0.05) is 168 Å². The van der Waals surface area contributed by atoms with E-state index in [1.807, 2.05) is 31.2 Å². The van der Waals surface area contributed by atoms with Crippen LogP contribution in [0, 0.1) is 0 Å². The van der Waals surface area contributed by atoms with Crippen LogP contribution in [0.1, 0.15) is 58.6 Å². The van der Waals surface area contributed by atoms with Crippen molar-refractivity contribution in [1.82, 2.24) is 19.8 Å². The molecule has 11 rings (SSSR count). The van der Waals surface area contributed by atoms with Crippen LogP contribution in [0.25, 0.3) is 20.9 Å². The number of hydrogen-bond acceptors (Lipinski definition) is 20. The van der Waals surface area contributed by atoms with Crippen molar-refractivity contribution in [2.75, 3.05) is 13.1 Å². The van der Waals surface area contributed by atoms with Gasteiger partial charge in [-0.2, -0.15) is 0 Å². The molecule has 0 spiro atoms. The topological polar surface area (TPSA) is 196 Å². The number of rotatable bonds is 16. The molecule has 1 unspecified atom stereocenters. The number of hydrogen-bond donors (Lipinski definition) is 1. The fraction of sp³-hybridized carbons (Fsp3) is 0.196. The zero-order valence-corrected chi connectivity index (χ0v) is 46.3. The van der Waals surface area contributed by atoms with Gasteiger partial charge in [0, 0.05) is 13.1 Å². The summed E-state index contributed by atoms with van der Waals surface area (Å²) in [5.41, 5.74) is -2.25. The number of carbonyl (C=O) groups is 6. The highest BCUT2D eigenvalue weighted by Crippen LogP contribution is 2.61. The lowest BCUT2D eigenvalue weighted by molar-refractivity contribution is -0.166. The molecule has 0 bridgehead atoms. The van der Waals surface area contributed by atoms with Gasteiger partial charge < -0.3 is 23.8 Å². The van der Waals surface area contributed by atoms with Crippen LogP contribution in [0.4, 0.5) is 10.3 Å². The Labute approximate surface area is 473 Å². The third-order valence-corrected chi connectivity index (χ3v) is 18.1. The number of nitrogens with zero attached hydrogens (tertiary/aromatic N) is 6. The van der Waals surface area contributed by atoms with Crippen molar-refractivity contribution in [3.8, 4) is 20.9 Å². The average molecular weight is 1150 g/mol. The molecule has 2 aromatic heterocycles. The van der Waals surface area contributed by atoms with Gasteiger partial charge in [-0.15, -0.1) is 12.6 Å². The molecule has 0 saturated carbocycles. The Morgan fingerprint density at radius 3 is 1.28 bits per heavy atom. The number of aromatic nitrogens is 2. The van der Waals surface area contributed by atoms with Gasteiger partial charge in [0.05, 0.1) is 21.1 Å². The summed E-state index contributed by atoms with van der Waals surface area (Å²) < 4.78 is 24.4. The van der Waals surface area contributed by atoms with Crippen molar-refractivity contribution in [1.29, 1.82) is 0 Å². The smallest absolute Gasteiger partial charge is 0.334 e. The predicted molar refractivity (Wildman–Crippen MR) is 305 cm³/mol. The standard InChI is InChI=1S/C56H42N6O10S6/c1-3-61-45(63)43(77-53(61)73)59-51-57-41-39(75-51)35-25-38-36(26-37(35)55(41,47(65)69-27-31-17-9-5-10-18-31)48(66)70-28-32-19-11-6-12-20-32)40-42(58-52(76-40)60-44-46(64)62(4-2)54(74)78-44)56(38,49(67)71-29-33-21-13-7-14-22-33)50(68)72-30-34-23-15-8-16-24-34/h5-26,53,73H,3-4,27-30H2,1-2H3/b59-43-,60-44-. The molecule has 78 heavy (non-hydrogen) atoms. The summed E-state index contributed by atoms with van der Waals surface area (Å²) in [6, 6.07) is 38.7. The van der Waals surface area contributed by atoms with Gasteiger partial charge in [0.2, 0.25) is 21.1 Å². The minimum Gasteiger partial charge on any atom is -0.459 e. The molecular weight excluding hydrogens is 1110 g/mol. The van der Waals surface area contributed by atoms with E-state index in [4.69, 9.17) is 46.1 Å². The molecule has 2 amide bonds. The second-order valence-corrected chi connectivity index (χ2v) is 23.3. The Morgan fingerprint density at radius 1 is 0.577 bits per heavy atom. The van der Waals surface area contributed by atoms with E-state index in [0.717, 1.165) is 46.2 Å². The number of thiol groups is 1. The van der Waals surface area contributed by atoms with E-state index in [-0.39, 0.29) is 96.1 Å². The maximum absolute atomic E-state index is 15.6. The third-order valence-electron chi connectivity index (χ3n) is 13.3. The van der Waals surface area contributed by atoms with E-state index in [1.54, 1.807) is 116 Å². The highest BCUT2D eigenvalue weighted by atomic mass is 32.2. The van der Waals surface area contributed by atoms with Crippen molar-refractivity contribution in [3.05, 3.63) is 178 Å². The Hall–Kier alpha value is -7.34. The first-order chi connectivity index (χ1) is 37.9. The van der Waals surface area contributed by atoms with Crippen molar-refractivity contribution >= 4 is 131 Å². The Kier molecular flexibility index (Phi) is 14.7. The van der Waals surface area contributed by atoms with Gasteiger partial charge in [0.15, 0.2) is 10.1 Å². The van der Waals surface area contributed by atoms with Gasteiger partial charge in [-0.25, -0.2) is 20.0 Å². The number of ether oxygens (including phenoxy) is 4. The lowest BCUT2D eigenvalue weighted by Gasteiger charge is -2.28. The zero-order chi connectivity index (χ0) is 54.3. The molecule has 0 N–H and O–H groups in total. The van der Waals surface area contributed by atoms with Crippen LogP contribution < -0.4 is 0 Å². The van der Waals surface area contributed by atoms with Crippen LogP contribution in [0.5, 0.6) is 0 Å². The number of esters is 4. The summed E-state index contributed by atoms with van der Waals surface area (Å²) in [5, 5.41) is 0.107. The molecule has 4 aliphatic rings. The Balaban J connectivity index is 1.16. The van der Waals surface area contributed by atoms with Crippen molar-refractivity contribution < 1.29 is 47.7 Å². The highest BCUT2D eigenvalue weighted by Gasteiger charge is 2.65. The van der Waals surface area contributed by atoms with Gasteiger partial charge >= 0.3 is 23.9 Å². The van der Waals surface area contributed by atoms with Crippen LogP contribution in [-0.2, 0) is 85.0 Å². The lowest BCUT2D eigenvalue weighted by atomic mass is 9.76. The molecular formula is C56H42N6O10S6. The molecule has 4 heterocycles. The number of benzene rings is 5. The van der Waals surface area contributed by atoms with Gasteiger partial charge in [-0.05, 0) is 82.2 Å². The van der Waals surface area contributed by atoms with E-state index in [0.29, 0.717) is 39.7 Å². The monoisotopic (exact) mass is 1150 g/mol. The van der Waals surface area contributed by atoms with Crippen LogP contribution in [0.3, 0.4) is 0 Å². The first kappa shape index (κ1) is 52.7. The number of carbonyl (C=O) groups excluding carboxylic acids is 6. The quantitative estimate of drug-likeness (QED) is 0.0315. The van der Waals surface area contributed by atoms with Crippen LogP contribution in [0.2, 0.25) is 0 Å². The SMILES string of the molecule is CCN1C(=O)/C(=N/c2nc3c(s2)-c2cc4c(cc2C3(C(=O)OCc2ccccc2)C(=O)OCc2ccccc2)-c2sc(/N=C3\SC(S)N(CC)C3=O)nc2C4(C(=O)OCc2ccccc2)C(=O)OCc2ccccc2)SC1=S. The van der Waals surface area contributed by atoms with Crippen molar-refractivity contribution in [3.63, 3.8) is 0 Å². The van der Waals surface area contributed by atoms with E-state index < -0.39 is 45.3 Å². The van der Waals surface area contributed by atoms with Gasteiger partial charge in [-0.3, -0.25) is 33.7 Å². The fourth-order valence-corrected chi connectivity index (χ4v) is 14.4. The number of thiocarbonyl (C=S) groups is 1. The average Bonchev–Trinajstić information content (AvgIpc) is 4.47. The minimum absolute atomic E-state index is 0.0106. The molecule has 16 nitrogen and oxygen atoms in total. The van der Waals surface area contributed by atoms with E-state index in [1.165, 1.54) is 9.80 Å². The molecule has 22 heteroatoms. The van der Waals surface area contributed by atoms with Crippen molar-refractivity contribution in [2.45, 2.75) is 55.8 Å². The third kappa shape index (κ3) is 9.22. The minimum atomic E-state index is -2.49. The maximum Gasteiger partial charge on any atom is 0.334 e. The van der Waals surface area contributed by atoms with Crippen LogP contribution in [-0.4, -0.2) is 87.7 Å². The van der Waals surface area contributed by atoms with E-state index >= 15 is 19.2 Å². The van der Waals surface area contributed by atoms with Crippen LogP contribution in [0.15, 0.2) is 143 Å². The molecule has 2 aliphatic heterocycles. The summed E-state index contributed by atoms with van der Waals surface area (Å²) in [4.78, 5) is 112. The molecule has 2 saturated heterocycles. The second kappa shape index (κ2) is 21.8. The molecule has 0 radical (unpaired) electrons. The molecule has 2 aliphatic carbocycles. The van der Waals surface area contributed by atoms with Crippen LogP contribution >= 0.6 is 71.0 Å². The Morgan fingerprint density at radius 2 is 0.949 bits per heavy atom. The predicted octanol–water partition coefficient (Wildman–Crippen LogP) is 9.86. The van der Waals surface area contributed by atoms with Gasteiger partial charge in [0.1, 0.15) is 35.5 Å². The number of aliphatic imine (C=N–C) groups is 2. The Bertz CT molecular complexity index is 3540. The molecule has 5 aromatic carbocycles. The lowest BCUT2D eigenvalue weighted by Crippen LogP contribution is -2.47. The van der Waals surface area contributed by atoms with E-state index in [9.17, 15) is 9.59 Å². The second-order valence-electron chi connectivity index (χ2n) is 17.8. The maximum atomic E-state index is 15.6. The summed E-state index contributed by atoms with van der Waals surface area (Å²) in [5.74, 6) is -5.04. The normalized spacial score (nSPS) is 17.5. The highest BCUT2D eigenvalue weighted by molar-refractivity contribution is 8.35. The van der Waals surface area contributed by atoms with E-state index in [2.05, 4.69) is 17.6 Å². The zero-order valence-electron chi connectivity index (χ0n) is 41.3. The number of thioether (sulfide) groups is 2. The summed E-state index contributed by atoms with van der Waals surface area (Å²) in [6.45, 7) is 3.21. The van der Waals surface area contributed by atoms with Crippen molar-refractivity contribution in [2.24, 2.45) is 9.98 Å². The molecule has 2 fully saturated rings. The first-order valence-electron chi connectivity index (χ1n) is 24.3. The molecule has 392 valence electrons. The fourth-order valence-electron chi connectivity index (χ4n) is 9.46. The number of amides is 2.